The Labute approximate surface area is 117 Å². The predicted molar refractivity (Wildman–Crippen MR) is 73.4 cm³/mol. The standard InChI is InChI=1S/C13H20N4O3/c1-9-6-4-5-7-15(9)12(18)8-16-11(3)13(17(19)20)10(2)14-16/h9H,4-8H2,1-3H3/t9-/m0/s1. The molecule has 0 bridgehead atoms. The molecule has 2 heterocycles. The zero-order chi connectivity index (χ0) is 14.9. The lowest BCUT2D eigenvalue weighted by Crippen LogP contribution is -2.43. The Morgan fingerprint density at radius 3 is 2.70 bits per heavy atom. The molecule has 7 nitrogen and oxygen atoms in total. The highest BCUT2D eigenvalue weighted by molar-refractivity contribution is 5.76. The topological polar surface area (TPSA) is 81.3 Å². The maximum atomic E-state index is 12.3. The monoisotopic (exact) mass is 280 g/mol. The SMILES string of the molecule is Cc1nn(CC(=O)N2CCCC[C@@H]2C)c(C)c1[N+](=O)[O-]. The minimum atomic E-state index is -0.442. The third-order valence-electron chi connectivity index (χ3n) is 3.93. The molecule has 1 fully saturated rings. The molecule has 1 aliphatic rings. The largest absolute Gasteiger partial charge is 0.338 e. The van der Waals surface area contributed by atoms with Crippen molar-refractivity contribution in [1.29, 1.82) is 0 Å². The molecular formula is C13H20N4O3. The van der Waals surface area contributed by atoms with Gasteiger partial charge in [-0.15, -0.1) is 0 Å². The first-order valence-corrected chi connectivity index (χ1v) is 6.89. The van der Waals surface area contributed by atoms with Crippen LogP contribution in [0.2, 0.25) is 0 Å². The van der Waals surface area contributed by atoms with Crippen LogP contribution in [0.1, 0.15) is 37.6 Å². The summed E-state index contributed by atoms with van der Waals surface area (Å²) in [6, 6.07) is 0.239. The Bertz CT molecular complexity index is 538. The van der Waals surface area contributed by atoms with Crippen LogP contribution in [0.3, 0.4) is 0 Å². The van der Waals surface area contributed by atoms with Crippen molar-refractivity contribution in [2.45, 2.75) is 52.6 Å². The minimum absolute atomic E-state index is 0.00416. The molecule has 1 aromatic heterocycles. The van der Waals surface area contributed by atoms with E-state index in [0.717, 1.165) is 25.8 Å². The van der Waals surface area contributed by atoms with E-state index in [-0.39, 0.29) is 24.2 Å². The van der Waals surface area contributed by atoms with Crippen LogP contribution in [0.25, 0.3) is 0 Å². The first-order chi connectivity index (χ1) is 9.41. The summed E-state index contributed by atoms with van der Waals surface area (Å²) in [5, 5.41) is 15.1. The molecule has 0 aromatic carbocycles. The average molecular weight is 280 g/mol. The van der Waals surface area contributed by atoms with E-state index in [4.69, 9.17) is 0 Å². The highest BCUT2D eigenvalue weighted by Gasteiger charge is 2.27. The van der Waals surface area contributed by atoms with Gasteiger partial charge in [0.1, 0.15) is 17.9 Å². The number of piperidine rings is 1. The van der Waals surface area contributed by atoms with Gasteiger partial charge in [-0.1, -0.05) is 0 Å². The zero-order valence-electron chi connectivity index (χ0n) is 12.1. The van der Waals surface area contributed by atoms with Crippen molar-refractivity contribution in [1.82, 2.24) is 14.7 Å². The summed E-state index contributed by atoms with van der Waals surface area (Å²) in [5.74, 6) is -0.0160. The van der Waals surface area contributed by atoms with Crippen molar-refractivity contribution < 1.29 is 9.72 Å². The highest BCUT2D eigenvalue weighted by Crippen LogP contribution is 2.22. The maximum absolute atomic E-state index is 12.3. The second-order valence-corrected chi connectivity index (χ2v) is 5.37. The van der Waals surface area contributed by atoms with E-state index >= 15 is 0 Å². The molecule has 1 aromatic rings. The van der Waals surface area contributed by atoms with Crippen molar-refractivity contribution in [3.05, 3.63) is 21.5 Å². The number of nitro groups is 1. The summed E-state index contributed by atoms with van der Waals surface area (Å²) >= 11 is 0. The summed E-state index contributed by atoms with van der Waals surface area (Å²) in [7, 11) is 0. The third kappa shape index (κ3) is 2.66. The van der Waals surface area contributed by atoms with Crippen LogP contribution in [0, 0.1) is 24.0 Å². The molecule has 0 spiro atoms. The van der Waals surface area contributed by atoms with E-state index in [0.29, 0.717) is 11.4 Å². The van der Waals surface area contributed by atoms with Gasteiger partial charge >= 0.3 is 5.69 Å². The molecule has 0 N–H and O–H groups in total. The van der Waals surface area contributed by atoms with E-state index in [2.05, 4.69) is 5.10 Å². The molecule has 1 amide bonds. The highest BCUT2D eigenvalue weighted by atomic mass is 16.6. The van der Waals surface area contributed by atoms with E-state index in [1.807, 2.05) is 11.8 Å². The lowest BCUT2D eigenvalue weighted by molar-refractivity contribution is -0.386. The Balaban J connectivity index is 2.16. The van der Waals surface area contributed by atoms with Gasteiger partial charge in [-0.05, 0) is 40.0 Å². The van der Waals surface area contributed by atoms with Gasteiger partial charge in [-0.3, -0.25) is 19.6 Å². The van der Waals surface area contributed by atoms with Gasteiger partial charge in [0.25, 0.3) is 0 Å². The van der Waals surface area contributed by atoms with E-state index in [1.54, 1.807) is 13.8 Å². The van der Waals surface area contributed by atoms with E-state index < -0.39 is 4.92 Å². The number of likely N-dealkylation sites (tertiary alicyclic amines) is 1. The number of hydrogen-bond acceptors (Lipinski definition) is 4. The van der Waals surface area contributed by atoms with Gasteiger partial charge in [0.05, 0.1) is 4.92 Å². The normalized spacial score (nSPS) is 19.1. The van der Waals surface area contributed by atoms with Crippen molar-refractivity contribution in [2.24, 2.45) is 0 Å². The number of nitrogens with zero attached hydrogens (tertiary/aromatic N) is 4. The van der Waals surface area contributed by atoms with Gasteiger partial charge < -0.3 is 4.90 Å². The molecule has 1 aliphatic heterocycles. The van der Waals surface area contributed by atoms with Crippen LogP contribution >= 0.6 is 0 Å². The second kappa shape index (κ2) is 5.60. The van der Waals surface area contributed by atoms with Gasteiger partial charge in [0.15, 0.2) is 0 Å². The molecule has 0 radical (unpaired) electrons. The van der Waals surface area contributed by atoms with Crippen molar-refractivity contribution in [3.63, 3.8) is 0 Å². The molecule has 7 heteroatoms. The number of aromatic nitrogens is 2. The predicted octanol–water partition coefficient (Wildman–Crippen LogP) is 1.81. The molecule has 0 unspecified atom stereocenters. The summed E-state index contributed by atoms with van der Waals surface area (Å²) < 4.78 is 1.44. The van der Waals surface area contributed by atoms with E-state index in [9.17, 15) is 14.9 Å². The summed E-state index contributed by atoms with van der Waals surface area (Å²) in [5.41, 5.74) is 0.794. The molecular weight excluding hydrogens is 260 g/mol. The molecule has 0 aliphatic carbocycles. The number of carbonyl (C=O) groups excluding carboxylic acids is 1. The summed E-state index contributed by atoms with van der Waals surface area (Å²) in [6.45, 7) is 6.10. The smallest absolute Gasteiger partial charge is 0.312 e. The summed E-state index contributed by atoms with van der Waals surface area (Å²) in [6.07, 6.45) is 3.19. The van der Waals surface area contributed by atoms with Gasteiger partial charge in [-0.2, -0.15) is 5.10 Å². The van der Waals surface area contributed by atoms with Crippen molar-refractivity contribution in [3.8, 4) is 0 Å². The first-order valence-electron chi connectivity index (χ1n) is 6.89. The van der Waals surface area contributed by atoms with Gasteiger partial charge in [0, 0.05) is 12.6 Å². The lowest BCUT2D eigenvalue weighted by Gasteiger charge is -2.33. The lowest BCUT2D eigenvalue weighted by atomic mass is 10.0. The Morgan fingerprint density at radius 1 is 1.45 bits per heavy atom. The van der Waals surface area contributed by atoms with Gasteiger partial charge in [-0.25, -0.2) is 0 Å². The molecule has 20 heavy (non-hydrogen) atoms. The van der Waals surface area contributed by atoms with E-state index in [1.165, 1.54) is 4.68 Å². The average Bonchev–Trinajstić information content (AvgIpc) is 2.64. The first kappa shape index (κ1) is 14.5. The van der Waals surface area contributed by atoms with Crippen LogP contribution in [-0.2, 0) is 11.3 Å². The molecule has 2 rings (SSSR count). The number of hydrogen-bond donors (Lipinski definition) is 0. The fourth-order valence-electron chi connectivity index (χ4n) is 2.79. The molecule has 1 atom stereocenters. The second-order valence-electron chi connectivity index (χ2n) is 5.37. The Hall–Kier alpha value is -1.92. The van der Waals surface area contributed by atoms with Crippen LogP contribution < -0.4 is 0 Å². The van der Waals surface area contributed by atoms with Crippen molar-refractivity contribution in [2.75, 3.05) is 6.54 Å². The van der Waals surface area contributed by atoms with Crippen LogP contribution in [-0.4, -0.2) is 38.1 Å². The Morgan fingerprint density at radius 2 is 2.15 bits per heavy atom. The maximum Gasteiger partial charge on any atom is 0.312 e. The Kier molecular flexibility index (Phi) is 4.06. The third-order valence-corrected chi connectivity index (χ3v) is 3.93. The van der Waals surface area contributed by atoms with Crippen molar-refractivity contribution >= 4 is 11.6 Å². The molecule has 110 valence electrons. The number of amides is 1. The fourth-order valence-corrected chi connectivity index (χ4v) is 2.79. The molecule has 1 saturated heterocycles. The summed E-state index contributed by atoms with van der Waals surface area (Å²) in [4.78, 5) is 24.7. The minimum Gasteiger partial charge on any atom is -0.338 e. The number of rotatable bonds is 3. The quantitative estimate of drug-likeness (QED) is 0.624. The van der Waals surface area contributed by atoms with Crippen LogP contribution in [0.4, 0.5) is 5.69 Å². The van der Waals surface area contributed by atoms with Crippen LogP contribution in [0.5, 0.6) is 0 Å². The zero-order valence-corrected chi connectivity index (χ0v) is 12.1. The van der Waals surface area contributed by atoms with Crippen LogP contribution in [0.15, 0.2) is 0 Å². The number of carbonyl (C=O) groups is 1. The molecule has 0 saturated carbocycles. The fraction of sp³-hybridized carbons (Fsp3) is 0.692. The number of aryl methyl sites for hydroxylation is 1. The van der Waals surface area contributed by atoms with Gasteiger partial charge in [0.2, 0.25) is 5.91 Å².